The van der Waals surface area contributed by atoms with Crippen LogP contribution in [0.4, 0.5) is 0 Å². The maximum absolute atomic E-state index is 11.4. The zero-order valence-corrected chi connectivity index (χ0v) is 14.2. The van der Waals surface area contributed by atoms with Gasteiger partial charge in [0.05, 0.1) is 6.61 Å². The van der Waals surface area contributed by atoms with Crippen LogP contribution in [0.1, 0.15) is 32.4 Å². The van der Waals surface area contributed by atoms with Gasteiger partial charge in [-0.2, -0.15) is 0 Å². The summed E-state index contributed by atoms with van der Waals surface area (Å²) in [6.07, 6.45) is -0.452. The number of benzene rings is 2. The van der Waals surface area contributed by atoms with Gasteiger partial charge in [-0.15, -0.1) is 0 Å². The standard InChI is InChI=1S/C20H22O4/c1-14(13-23-15(2)21)20(24-16(3)22)19-11-9-18(10-12-19)17-7-5-4-6-8-17/h4-12,14,20H,13H2,1-3H3/t14-,20+/m0/s1. The van der Waals surface area contributed by atoms with E-state index in [-0.39, 0.29) is 24.5 Å². The SMILES string of the molecule is CC(=O)OC[C@H](C)[C@@H](OC(C)=O)c1ccc(-c2ccccc2)cc1. The summed E-state index contributed by atoms with van der Waals surface area (Å²) in [6.45, 7) is 4.83. The molecular weight excluding hydrogens is 304 g/mol. The highest BCUT2D eigenvalue weighted by Gasteiger charge is 2.23. The highest BCUT2D eigenvalue weighted by Crippen LogP contribution is 2.29. The average molecular weight is 326 g/mol. The van der Waals surface area contributed by atoms with Gasteiger partial charge in [-0.25, -0.2) is 0 Å². The molecular formula is C20H22O4. The third-order valence-corrected chi connectivity index (χ3v) is 3.71. The van der Waals surface area contributed by atoms with E-state index in [1.165, 1.54) is 13.8 Å². The fraction of sp³-hybridized carbons (Fsp3) is 0.300. The van der Waals surface area contributed by atoms with Gasteiger partial charge in [0, 0.05) is 19.8 Å². The van der Waals surface area contributed by atoms with Gasteiger partial charge in [-0.3, -0.25) is 9.59 Å². The first-order valence-corrected chi connectivity index (χ1v) is 7.93. The largest absolute Gasteiger partial charge is 0.465 e. The Hall–Kier alpha value is -2.62. The molecule has 0 saturated heterocycles. The van der Waals surface area contributed by atoms with Gasteiger partial charge in [0.2, 0.25) is 0 Å². The number of hydrogen-bond acceptors (Lipinski definition) is 4. The summed E-state index contributed by atoms with van der Waals surface area (Å²) in [5, 5.41) is 0. The molecule has 0 saturated carbocycles. The molecule has 126 valence electrons. The van der Waals surface area contributed by atoms with Crippen molar-refractivity contribution < 1.29 is 19.1 Å². The minimum absolute atomic E-state index is 0.139. The molecule has 2 rings (SSSR count). The van der Waals surface area contributed by atoms with Crippen LogP contribution in [0.15, 0.2) is 54.6 Å². The Morgan fingerprint density at radius 3 is 2.00 bits per heavy atom. The fourth-order valence-electron chi connectivity index (χ4n) is 2.52. The topological polar surface area (TPSA) is 52.6 Å². The molecule has 0 unspecified atom stereocenters. The quantitative estimate of drug-likeness (QED) is 0.748. The summed E-state index contributed by atoms with van der Waals surface area (Å²) in [5.41, 5.74) is 3.10. The van der Waals surface area contributed by atoms with Crippen LogP contribution in [0.3, 0.4) is 0 Å². The van der Waals surface area contributed by atoms with Crippen molar-refractivity contribution in [2.24, 2.45) is 5.92 Å². The lowest BCUT2D eigenvalue weighted by Crippen LogP contribution is -2.21. The number of hydrogen-bond donors (Lipinski definition) is 0. The summed E-state index contributed by atoms with van der Waals surface area (Å²) in [6, 6.07) is 17.9. The first-order chi connectivity index (χ1) is 11.5. The van der Waals surface area contributed by atoms with Crippen molar-refractivity contribution >= 4 is 11.9 Å². The summed E-state index contributed by atoms with van der Waals surface area (Å²) >= 11 is 0. The van der Waals surface area contributed by atoms with Gasteiger partial charge >= 0.3 is 11.9 Å². The lowest BCUT2D eigenvalue weighted by atomic mass is 9.95. The maximum Gasteiger partial charge on any atom is 0.303 e. The van der Waals surface area contributed by atoms with Crippen LogP contribution in [0.25, 0.3) is 11.1 Å². The van der Waals surface area contributed by atoms with Crippen molar-refractivity contribution in [3.8, 4) is 11.1 Å². The van der Waals surface area contributed by atoms with Gasteiger partial charge < -0.3 is 9.47 Å². The summed E-state index contributed by atoms with van der Waals surface area (Å²) in [4.78, 5) is 22.4. The fourth-order valence-corrected chi connectivity index (χ4v) is 2.52. The van der Waals surface area contributed by atoms with Crippen LogP contribution < -0.4 is 0 Å². The van der Waals surface area contributed by atoms with Gasteiger partial charge in [0.1, 0.15) is 6.10 Å². The molecule has 0 heterocycles. The molecule has 0 N–H and O–H groups in total. The molecule has 0 aliphatic rings. The van der Waals surface area contributed by atoms with Crippen molar-refractivity contribution in [1.29, 1.82) is 0 Å². The minimum Gasteiger partial charge on any atom is -0.465 e. The van der Waals surface area contributed by atoms with E-state index in [2.05, 4.69) is 0 Å². The molecule has 0 aliphatic heterocycles. The Morgan fingerprint density at radius 1 is 0.875 bits per heavy atom. The normalized spacial score (nSPS) is 13.0. The van der Waals surface area contributed by atoms with Crippen LogP contribution in [-0.2, 0) is 19.1 Å². The lowest BCUT2D eigenvalue weighted by Gasteiger charge is -2.24. The van der Waals surface area contributed by atoms with E-state index < -0.39 is 6.10 Å². The average Bonchev–Trinajstić information content (AvgIpc) is 2.58. The number of carbonyl (C=O) groups is 2. The van der Waals surface area contributed by atoms with Crippen LogP contribution >= 0.6 is 0 Å². The second-order valence-corrected chi connectivity index (χ2v) is 5.80. The predicted octanol–water partition coefficient (Wildman–Crippen LogP) is 4.16. The molecule has 0 aliphatic carbocycles. The van der Waals surface area contributed by atoms with Crippen molar-refractivity contribution in [3.05, 3.63) is 60.2 Å². The van der Waals surface area contributed by atoms with Gasteiger partial charge in [0.15, 0.2) is 0 Å². The Labute approximate surface area is 142 Å². The zero-order valence-electron chi connectivity index (χ0n) is 14.2. The van der Waals surface area contributed by atoms with E-state index in [9.17, 15) is 9.59 Å². The zero-order chi connectivity index (χ0) is 17.5. The number of rotatable bonds is 6. The number of carbonyl (C=O) groups excluding carboxylic acids is 2. The van der Waals surface area contributed by atoms with Gasteiger partial charge in [-0.05, 0) is 16.7 Å². The van der Waals surface area contributed by atoms with E-state index in [0.717, 1.165) is 16.7 Å². The Kier molecular flexibility index (Phi) is 6.13. The highest BCUT2D eigenvalue weighted by molar-refractivity contribution is 5.67. The molecule has 4 nitrogen and oxygen atoms in total. The molecule has 0 amide bonds. The third kappa shape index (κ3) is 4.95. The van der Waals surface area contributed by atoms with E-state index in [1.807, 2.05) is 61.5 Å². The van der Waals surface area contributed by atoms with Crippen LogP contribution in [0, 0.1) is 5.92 Å². The maximum atomic E-state index is 11.4. The summed E-state index contributed by atoms with van der Waals surface area (Å²) < 4.78 is 10.5. The Balaban J connectivity index is 2.19. The van der Waals surface area contributed by atoms with Crippen molar-refractivity contribution in [2.45, 2.75) is 26.9 Å². The Morgan fingerprint density at radius 2 is 1.46 bits per heavy atom. The minimum atomic E-state index is -0.452. The molecule has 2 atom stereocenters. The third-order valence-electron chi connectivity index (χ3n) is 3.71. The molecule has 4 heteroatoms. The number of esters is 2. The van der Waals surface area contributed by atoms with Crippen molar-refractivity contribution in [2.75, 3.05) is 6.61 Å². The molecule has 0 bridgehead atoms. The van der Waals surface area contributed by atoms with Crippen molar-refractivity contribution in [3.63, 3.8) is 0 Å². The van der Waals surface area contributed by atoms with Gasteiger partial charge in [-0.1, -0.05) is 61.5 Å². The van der Waals surface area contributed by atoms with Crippen LogP contribution in [-0.4, -0.2) is 18.5 Å². The van der Waals surface area contributed by atoms with E-state index in [0.29, 0.717) is 0 Å². The van der Waals surface area contributed by atoms with Crippen LogP contribution in [0.2, 0.25) is 0 Å². The molecule has 0 radical (unpaired) electrons. The van der Waals surface area contributed by atoms with Gasteiger partial charge in [0.25, 0.3) is 0 Å². The second-order valence-electron chi connectivity index (χ2n) is 5.80. The first-order valence-electron chi connectivity index (χ1n) is 7.93. The molecule has 2 aromatic carbocycles. The van der Waals surface area contributed by atoms with E-state index >= 15 is 0 Å². The smallest absolute Gasteiger partial charge is 0.303 e. The van der Waals surface area contributed by atoms with E-state index in [1.54, 1.807) is 0 Å². The molecule has 0 aromatic heterocycles. The first kappa shape index (κ1) is 17.7. The molecule has 0 spiro atoms. The number of ether oxygens (including phenoxy) is 2. The lowest BCUT2D eigenvalue weighted by molar-refractivity contribution is -0.152. The molecule has 2 aromatic rings. The van der Waals surface area contributed by atoms with E-state index in [4.69, 9.17) is 9.47 Å². The van der Waals surface area contributed by atoms with Crippen molar-refractivity contribution in [1.82, 2.24) is 0 Å². The Bertz CT molecular complexity index is 677. The summed E-state index contributed by atoms with van der Waals surface area (Å²) in [7, 11) is 0. The van der Waals surface area contributed by atoms with Crippen LogP contribution in [0.5, 0.6) is 0 Å². The molecule has 0 fully saturated rings. The predicted molar refractivity (Wildman–Crippen MR) is 92.2 cm³/mol. The summed E-state index contributed by atoms with van der Waals surface area (Å²) in [5.74, 6) is -0.843. The monoisotopic (exact) mass is 326 g/mol. The highest BCUT2D eigenvalue weighted by atomic mass is 16.6. The molecule has 24 heavy (non-hydrogen) atoms. The second kappa shape index (κ2) is 8.29.